The van der Waals surface area contributed by atoms with Crippen molar-refractivity contribution in [2.75, 3.05) is 0 Å². The summed E-state index contributed by atoms with van der Waals surface area (Å²) >= 11 is 0. The number of imidazole rings is 1. The first kappa shape index (κ1) is 25.7. The summed E-state index contributed by atoms with van der Waals surface area (Å²) < 4.78 is 2.25. The minimum Gasteiger partial charge on any atom is -0.292 e. The third-order valence-corrected chi connectivity index (χ3v) is 9.39. The van der Waals surface area contributed by atoms with Gasteiger partial charge in [0, 0.05) is 11.3 Å². The quantitative estimate of drug-likeness (QED) is 0.191. The van der Waals surface area contributed by atoms with Crippen molar-refractivity contribution in [3.8, 4) is 39.3 Å². The van der Waals surface area contributed by atoms with Crippen molar-refractivity contribution in [2.45, 2.75) is 13.8 Å². The predicted molar refractivity (Wildman–Crippen MR) is 191 cm³/mol. The molecule has 0 aliphatic heterocycles. The summed E-state index contributed by atoms with van der Waals surface area (Å²) in [6, 6.07) is 52.7. The third-order valence-electron chi connectivity index (χ3n) is 9.39. The fourth-order valence-electron chi connectivity index (χ4n) is 7.31. The highest BCUT2D eigenvalue weighted by Crippen LogP contribution is 2.42. The average Bonchev–Trinajstić information content (AvgIpc) is 3.48. The Hall–Kier alpha value is -5.73. The van der Waals surface area contributed by atoms with Crippen molar-refractivity contribution >= 4 is 43.4 Å². The summed E-state index contributed by atoms with van der Waals surface area (Å²) in [6.07, 6.45) is 0. The molecule has 0 spiro atoms. The van der Waals surface area contributed by atoms with E-state index < -0.39 is 0 Å². The molecule has 0 saturated carbocycles. The van der Waals surface area contributed by atoms with E-state index in [0.29, 0.717) is 0 Å². The summed E-state index contributed by atoms with van der Waals surface area (Å²) in [6.45, 7) is 4.49. The normalized spacial score (nSPS) is 11.8. The maximum absolute atomic E-state index is 5.05. The number of aromatic nitrogens is 2. The van der Waals surface area contributed by atoms with Gasteiger partial charge in [-0.15, -0.1) is 0 Å². The van der Waals surface area contributed by atoms with Crippen LogP contribution in [0.25, 0.3) is 82.7 Å². The second kappa shape index (κ2) is 9.90. The zero-order valence-electron chi connectivity index (χ0n) is 25.3. The molecule has 0 N–H and O–H groups in total. The Bertz CT molecular complexity index is 2520. The van der Waals surface area contributed by atoms with Gasteiger partial charge in [0.1, 0.15) is 5.82 Å². The molecule has 0 fully saturated rings. The summed E-state index contributed by atoms with van der Waals surface area (Å²) in [5.74, 6) is 0.949. The Morgan fingerprint density at radius 3 is 1.98 bits per heavy atom. The first-order valence-corrected chi connectivity index (χ1v) is 15.6. The molecule has 0 bridgehead atoms. The van der Waals surface area contributed by atoms with Gasteiger partial charge < -0.3 is 0 Å². The number of hydrogen-bond acceptors (Lipinski definition) is 1. The van der Waals surface area contributed by atoms with Crippen LogP contribution in [-0.2, 0) is 0 Å². The Kier molecular flexibility index (Phi) is 5.66. The van der Waals surface area contributed by atoms with Gasteiger partial charge >= 0.3 is 0 Å². The van der Waals surface area contributed by atoms with Gasteiger partial charge in [0.25, 0.3) is 0 Å². The van der Waals surface area contributed by atoms with E-state index in [9.17, 15) is 0 Å². The van der Waals surface area contributed by atoms with E-state index in [1.165, 1.54) is 65.7 Å². The molecule has 212 valence electrons. The molecule has 0 aliphatic carbocycles. The molecular weight excluding hydrogens is 544 g/mol. The Morgan fingerprint density at radius 2 is 1.18 bits per heavy atom. The second-order valence-electron chi connectivity index (χ2n) is 12.1. The number of fused-ring (bicyclic) bond motifs is 1. The van der Waals surface area contributed by atoms with Gasteiger partial charge in [0.15, 0.2) is 0 Å². The van der Waals surface area contributed by atoms with Crippen LogP contribution >= 0.6 is 0 Å². The lowest BCUT2D eigenvalue weighted by atomic mass is 9.85. The molecule has 1 heterocycles. The molecule has 2 nitrogen and oxygen atoms in total. The van der Waals surface area contributed by atoms with Crippen LogP contribution in [0.15, 0.2) is 146 Å². The average molecular weight is 575 g/mol. The maximum atomic E-state index is 5.05. The number of benzene rings is 8. The zero-order valence-corrected chi connectivity index (χ0v) is 25.3. The number of hydrogen-bond donors (Lipinski definition) is 0. The molecule has 0 aliphatic rings. The van der Waals surface area contributed by atoms with Gasteiger partial charge in [-0.25, -0.2) is 4.98 Å². The summed E-state index contributed by atoms with van der Waals surface area (Å²) in [7, 11) is 0. The molecule has 45 heavy (non-hydrogen) atoms. The van der Waals surface area contributed by atoms with Crippen molar-refractivity contribution < 1.29 is 0 Å². The molecule has 9 rings (SSSR count). The largest absolute Gasteiger partial charge is 0.292 e. The topological polar surface area (TPSA) is 17.8 Å². The van der Waals surface area contributed by atoms with E-state index in [1.807, 2.05) is 6.07 Å². The molecule has 0 saturated heterocycles. The molecule has 0 amide bonds. The van der Waals surface area contributed by atoms with Gasteiger partial charge in [-0.3, -0.25) is 4.57 Å². The molecule has 0 radical (unpaired) electrons. The molecular formula is C43H30N2. The number of aryl methyl sites for hydroxylation is 2. The van der Waals surface area contributed by atoms with E-state index in [4.69, 9.17) is 4.98 Å². The minimum atomic E-state index is 0.949. The van der Waals surface area contributed by atoms with Crippen LogP contribution in [0.2, 0.25) is 0 Å². The fourth-order valence-corrected chi connectivity index (χ4v) is 7.31. The van der Waals surface area contributed by atoms with Crippen LogP contribution in [0.5, 0.6) is 0 Å². The predicted octanol–water partition coefficient (Wildman–Crippen LogP) is 11.5. The Labute approximate surface area is 262 Å². The summed E-state index contributed by atoms with van der Waals surface area (Å²) in [5.41, 5.74) is 11.9. The molecule has 2 heteroatoms. The number of nitrogens with zero attached hydrogens (tertiary/aromatic N) is 2. The van der Waals surface area contributed by atoms with Gasteiger partial charge in [-0.1, -0.05) is 121 Å². The summed E-state index contributed by atoms with van der Waals surface area (Å²) in [4.78, 5) is 5.05. The van der Waals surface area contributed by atoms with Gasteiger partial charge in [-0.05, 0) is 104 Å². The third kappa shape index (κ3) is 3.99. The number of rotatable bonds is 4. The Morgan fingerprint density at radius 1 is 0.489 bits per heavy atom. The van der Waals surface area contributed by atoms with E-state index in [2.05, 4.69) is 158 Å². The van der Waals surface area contributed by atoms with Crippen molar-refractivity contribution in [3.63, 3.8) is 0 Å². The fraction of sp³-hybridized carbons (Fsp3) is 0.0465. The lowest BCUT2D eigenvalue weighted by Crippen LogP contribution is -1.97. The van der Waals surface area contributed by atoms with Gasteiger partial charge in [0.2, 0.25) is 0 Å². The van der Waals surface area contributed by atoms with Gasteiger partial charge in [-0.2, -0.15) is 0 Å². The van der Waals surface area contributed by atoms with Crippen molar-refractivity contribution in [2.24, 2.45) is 0 Å². The highest BCUT2D eigenvalue weighted by molar-refractivity contribution is 6.26. The SMILES string of the molecule is Cc1cc(-c2ccc(-c3nc4ccccc4n3-c3ccccc3)cc2)ccc1-c1c(C)cc2ccc3cccc4ccc1c2c34. The molecule has 8 aromatic carbocycles. The van der Waals surface area contributed by atoms with E-state index >= 15 is 0 Å². The van der Waals surface area contributed by atoms with E-state index in [1.54, 1.807) is 0 Å². The standard InChI is InChI=1S/C43H30N2/c1-27-25-33(22-23-36(27)40-28(2)26-34-20-17-30-9-8-10-31-21-24-37(40)42(34)41(30)31)29-15-18-32(19-16-29)43-44-38-13-6-7-14-39(38)45(43)35-11-4-3-5-12-35/h3-26H,1-2H3. The van der Waals surface area contributed by atoms with Crippen LogP contribution in [0.1, 0.15) is 11.1 Å². The molecule has 0 atom stereocenters. The monoisotopic (exact) mass is 574 g/mol. The van der Waals surface area contributed by atoms with E-state index in [0.717, 1.165) is 28.1 Å². The van der Waals surface area contributed by atoms with Crippen LogP contribution in [-0.4, -0.2) is 9.55 Å². The summed E-state index contributed by atoms with van der Waals surface area (Å²) in [5, 5.41) is 7.97. The first-order valence-electron chi connectivity index (χ1n) is 15.6. The highest BCUT2D eigenvalue weighted by atomic mass is 15.1. The lowest BCUT2D eigenvalue weighted by Gasteiger charge is -2.18. The zero-order chi connectivity index (χ0) is 30.1. The second-order valence-corrected chi connectivity index (χ2v) is 12.1. The van der Waals surface area contributed by atoms with E-state index in [-0.39, 0.29) is 0 Å². The number of para-hydroxylation sites is 3. The smallest absolute Gasteiger partial charge is 0.145 e. The van der Waals surface area contributed by atoms with Gasteiger partial charge in [0.05, 0.1) is 11.0 Å². The highest BCUT2D eigenvalue weighted by Gasteiger charge is 2.17. The van der Waals surface area contributed by atoms with Crippen molar-refractivity contribution in [1.29, 1.82) is 0 Å². The lowest BCUT2D eigenvalue weighted by molar-refractivity contribution is 1.10. The maximum Gasteiger partial charge on any atom is 0.145 e. The molecule has 9 aromatic rings. The van der Waals surface area contributed by atoms with Crippen molar-refractivity contribution in [1.82, 2.24) is 9.55 Å². The van der Waals surface area contributed by atoms with Crippen LogP contribution in [0, 0.1) is 13.8 Å². The molecule has 1 aromatic heterocycles. The van der Waals surface area contributed by atoms with Crippen LogP contribution < -0.4 is 0 Å². The molecule has 0 unspecified atom stereocenters. The first-order chi connectivity index (χ1) is 22.1. The van der Waals surface area contributed by atoms with Crippen LogP contribution in [0.3, 0.4) is 0 Å². The minimum absolute atomic E-state index is 0.949. The van der Waals surface area contributed by atoms with Crippen LogP contribution in [0.4, 0.5) is 0 Å². The Balaban J connectivity index is 1.13. The van der Waals surface area contributed by atoms with Crippen molar-refractivity contribution in [3.05, 3.63) is 157 Å².